The molecule has 0 bridgehead atoms. The first-order chi connectivity index (χ1) is 17.8. The van der Waals surface area contributed by atoms with Crippen molar-refractivity contribution in [3.8, 4) is 0 Å². The average molecular weight is 527 g/mol. The highest BCUT2D eigenvalue weighted by atomic mass is 32.2. The van der Waals surface area contributed by atoms with Crippen LogP contribution in [0.4, 0.5) is 5.69 Å². The number of hydrogen-bond donors (Lipinski definition) is 1. The third kappa shape index (κ3) is 10.7. The molecule has 37 heavy (non-hydrogen) atoms. The molecule has 202 valence electrons. The maximum atomic E-state index is 12.5. The van der Waals surface area contributed by atoms with Crippen molar-refractivity contribution in [2.24, 2.45) is 0 Å². The van der Waals surface area contributed by atoms with Crippen molar-refractivity contribution in [1.29, 1.82) is 0 Å². The SMILES string of the molecule is CCCCCCCC(=O)N1CCN(c2ccc(/C=C/c3ccc(CCCCS(=O)(=O)O)cc3)cc2)CC1. The standard InChI is InChI=1S/C30H42N2O4S/c1-2-3-4-5-6-10-30(33)32-23-21-31(22-24-32)29-19-17-28(18-20-29)16-15-27-13-11-26(12-14-27)9-7-8-25-37(34,35)36/h11-20H,2-10,21-25H2,1H3,(H,34,35,36)/b16-15+. The molecule has 1 fully saturated rings. The summed E-state index contributed by atoms with van der Waals surface area (Å²) in [4.78, 5) is 16.9. The molecule has 1 aliphatic rings. The Hall–Kier alpha value is -2.64. The predicted molar refractivity (Wildman–Crippen MR) is 153 cm³/mol. The first-order valence-electron chi connectivity index (χ1n) is 13.7. The molecular weight excluding hydrogens is 484 g/mol. The summed E-state index contributed by atoms with van der Waals surface area (Å²) in [6.07, 6.45) is 12.8. The van der Waals surface area contributed by atoms with Gasteiger partial charge in [-0.25, -0.2) is 0 Å². The van der Waals surface area contributed by atoms with Gasteiger partial charge >= 0.3 is 0 Å². The highest BCUT2D eigenvalue weighted by molar-refractivity contribution is 7.85. The molecule has 0 spiro atoms. The quantitative estimate of drug-likeness (QED) is 0.183. The summed E-state index contributed by atoms with van der Waals surface area (Å²) in [5, 5.41) is 0. The lowest BCUT2D eigenvalue weighted by atomic mass is 10.1. The van der Waals surface area contributed by atoms with Gasteiger partial charge in [0.25, 0.3) is 10.1 Å². The lowest BCUT2D eigenvalue weighted by molar-refractivity contribution is -0.131. The smallest absolute Gasteiger partial charge is 0.264 e. The van der Waals surface area contributed by atoms with E-state index in [0.29, 0.717) is 18.7 Å². The number of rotatable bonds is 14. The van der Waals surface area contributed by atoms with E-state index in [4.69, 9.17) is 4.55 Å². The number of nitrogens with zero attached hydrogens (tertiary/aromatic N) is 2. The van der Waals surface area contributed by atoms with E-state index in [1.54, 1.807) is 0 Å². The molecule has 1 amide bonds. The van der Waals surface area contributed by atoms with Crippen molar-refractivity contribution in [2.75, 3.05) is 36.8 Å². The van der Waals surface area contributed by atoms with Crippen LogP contribution >= 0.6 is 0 Å². The van der Waals surface area contributed by atoms with Crippen LogP contribution in [0, 0.1) is 0 Å². The molecule has 6 nitrogen and oxygen atoms in total. The fourth-order valence-electron chi connectivity index (χ4n) is 4.65. The molecule has 0 atom stereocenters. The lowest BCUT2D eigenvalue weighted by Crippen LogP contribution is -2.48. The van der Waals surface area contributed by atoms with Gasteiger partial charge in [-0.1, -0.05) is 81.2 Å². The number of carbonyl (C=O) groups is 1. The van der Waals surface area contributed by atoms with Crippen LogP contribution in [0.5, 0.6) is 0 Å². The van der Waals surface area contributed by atoms with Crippen LogP contribution < -0.4 is 4.90 Å². The van der Waals surface area contributed by atoms with Gasteiger partial charge in [0.05, 0.1) is 5.75 Å². The van der Waals surface area contributed by atoms with Crippen LogP contribution in [-0.2, 0) is 21.3 Å². The fourth-order valence-corrected chi connectivity index (χ4v) is 5.22. The maximum Gasteiger partial charge on any atom is 0.264 e. The van der Waals surface area contributed by atoms with Crippen molar-refractivity contribution in [3.63, 3.8) is 0 Å². The summed E-state index contributed by atoms with van der Waals surface area (Å²) < 4.78 is 30.4. The fraction of sp³-hybridized carbons (Fsp3) is 0.500. The number of hydrogen-bond acceptors (Lipinski definition) is 4. The number of carbonyl (C=O) groups excluding carboxylic acids is 1. The summed E-state index contributed by atoms with van der Waals surface area (Å²) in [6, 6.07) is 16.8. The van der Waals surface area contributed by atoms with Crippen LogP contribution in [0.25, 0.3) is 12.2 Å². The Morgan fingerprint density at radius 2 is 1.41 bits per heavy atom. The lowest BCUT2D eigenvalue weighted by Gasteiger charge is -2.36. The normalized spacial score (nSPS) is 14.4. The second-order valence-electron chi connectivity index (χ2n) is 9.94. The number of anilines is 1. The molecular formula is C30H42N2O4S. The number of aryl methyl sites for hydroxylation is 1. The topological polar surface area (TPSA) is 77.9 Å². The van der Waals surface area contributed by atoms with E-state index in [1.165, 1.54) is 24.9 Å². The van der Waals surface area contributed by atoms with E-state index in [-0.39, 0.29) is 5.75 Å². The van der Waals surface area contributed by atoms with Gasteiger partial charge < -0.3 is 9.80 Å². The third-order valence-electron chi connectivity index (χ3n) is 6.95. The molecule has 7 heteroatoms. The molecule has 1 N–H and O–H groups in total. The predicted octanol–water partition coefficient (Wildman–Crippen LogP) is 6.08. The average Bonchev–Trinajstić information content (AvgIpc) is 2.90. The van der Waals surface area contributed by atoms with E-state index in [9.17, 15) is 13.2 Å². The highest BCUT2D eigenvalue weighted by Gasteiger charge is 2.20. The second-order valence-corrected chi connectivity index (χ2v) is 11.5. The van der Waals surface area contributed by atoms with Crippen LogP contribution in [-0.4, -0.2) is 55.7 Å². The molecule has 3 rings (SSSR count). The van der Waals surface area contributed by atoms with E-state index >= 15 is 0 Å². The van der Waals surface area contributed by atoms with Gasteiger partial charge in [0.1, 0.15) is 0 Å². The molecule has 0 aromatic heterocycles. The Morgan fingerprint density at radius 1 is 0.811 bits per heavy atom. The number of piperazine rings is 1. The maximum absolute atomic E-state index is 12.5. The first kappa shape index (κ1) is 28.9. The van der Waals surface area contributed by atoms with Gasteiger partial charge in [0, 0.05) is 38.3 Å². The molecule has 1 aliphatic heterocycles. The molecule has 2 aromatic carbocycles. The molecule has 0 aliphatic carbocycles. The third-order valence-corrected chi connectivity index (χ3v) is 7.76. The minimum atomic E-state index is -3.87. The van der Waals surface area contributed by atoms with E-state index in [2.05, 4.69) is 72.5 Å². The van der Waals surface area contributed by atoms with Crippen LogP contribution in [0.3, 0.4) is 0 Å². The van der Waals surface area contributed by atoms with Gasteiger partial charge in [0.2, 0.25) is 5.91 Å². The van der Waals surface area contributed by atoms with Crippen molar-refractivity contribution in [2.45, 2.75) is 64.7 Å². The van der Waals surface area contributed by atoms with Crippen LogP contribution in [0.15, 0.2) is 48.5 Å². The summed E-state index contributed by atoms with van der Waals surface area (Å²) in [5.41, 5.74) is 4.60. The van der Waals surface area contributed by atoms with Crippen molar-refractivity contribution >= 4 is 33.9 Å². The molecule has 1 saturated heterocycles. The zero-order valence-electron chi connectivity index (χ0n) is 22.1. The number of amides is 1. The summed E-state index contributed by atoms with van der Waals surface area (Å²) in [5.74, 6) is 0.128. The Morgan fingerprint density at radius 3 is 2.00 bits per heavy atom. The van der Waals surface area contributed by atoms with Gasteiger partial charge in [-0.3, -0.25) is 9.35 Å². The van der Waals surface area contributed by atoms with E-state index in [0.717, 1.165) is 68.6 Å². The minimum absolute atomic E-state index is 0.179. The number of benzene rings is 2. The zero-order chi connectivity index (χ0) is 26.5. The van der Waals surface area contributed by atoms with Gasteiger partial charge in [-0.2, -0.15) is 8.42 Å². The Bertz CT molecular complexity index is 1090. The van der Waals surface area contributed by atoms with E-state index in [1.807, 2.05) is 4.90 Å². The summed E-state index contributed by atoms with van der Waals surface area (Å²) in [6.45, 7) is 5.55. The monoisotopic (exact) mass is 526 g/mol. The van der Waals surface area contributed by atoms with E-state index < -0.39 is 10.1 Å². The second kappa shape index (κ2) is 14.9. The molecule has 0 radical (unpaired) electrons. The molecule has 0 saturated carbocycles. The molecule has 0 unspecified atom stereocenters. The summed E-state index contributed by atoms with van der Waals surface area (Å²) >= 11 is 0. The summed E-state index contributed by atoms with van der Waals surface area (Å²) in [7, 11) is -3.87. The molecule has 2 aromatic rings. The van der Waals surface area contributed by atoms with Crippen molar-refractivity contribution < 1.29 is 17.8 Å². The molecule has 1 heterocycles. The Kier molecular flexibility index (Phi) is 11.7. The zero-order valence-corrected chi connectivity index (χ0v) is 23.0. The Labute approximate surface area is 223 Å². The largest absolute Gasteiger partial charge is 0.368 e. The van der Waals surface area contributed by atoms with Crippen LogP contribution in [0.2, 0.25) is 0 Å². The van der Waals surface area contributed by atoms with Crippen molar-refractivity contribution in [3.05, 3.63) is 65.2 Å². The minimum Gasteiger partial charge on any atom is -0.368 e. The highest BCUT2D eigenvalue weighted by Crippen LogP contribution is 2.20. The van der Waals surface area contributed by atoms with Gasteiger partial charge in [0.15, 0.2) is 0 Å². The van der Waals surface area contributed by atoms with Gasteiger partial charge in [-0.05, 0) is 54.5 Å². The van der Waals surface area contributed by atoms with Gasteiger partial charge in [-0.15, -0.1) is 0 Å². The van der Waals surface area contributed by atoms with Crippen molar-refractivity contribution in [1.82, 2.24) is 4.90 Å². The first-order valence-corrected chi connectivity index (χ1v) is 15.3. The number of unbranched alkanes of at least 4 members (excludes halogenated alkanes) is 5. The Balaban J connectivity index is 1.40. The van der Waals surface area contributed by atoms with Crippen LogP contribution in [0.1, 0.15) is 75.0 Å².